The summed E-state index contributed by atoms with van der Waals surface area (Å²) in [5, 5.41) is 3.08. The van der Waals surface area contributed by atoms with E-state index in [0.717, 1.165) is 11.8 Å². The molecule has 0 spiro atoms. The number of nitrogens with zero attached hydrogens (tertiary/aromatic N) is 2. The summed E-state index contributed by atoms with van der Waals surface area (Å²) in [6, 6.07) is 4.58. The Morgan fingerprint density at radius 3 is 2.65 bits per heavy atom. The molecule has 0 aliphatic rings. The molecule has 2 heterocycles. The maximum Gasteiger partial charge on any atom is 0.433 e. The number of methoxy groups -OCH3 is 1. The SMILES string of the molecule is COc1ccc(-c2nc(C(=O)NCCSC)c([C@H](C)N)o2)c2ccc(C(F)(F)F)nc12. The number of nitrogens with two attached hydrogens (primary N) is 1. The number of oxazole rings is 1. The molecule has 0 bridgehead atoms. The van der Waals surface area contributed by atoms with Gasteiger partial charge in [-0.3, -0.25) is 4.79 Å². The van der Waals surface area contributed by atoms with E-state index in [1.54, 1.807) is 24.8 Å². The fourth-order valence-corrected chi connectivity index (χ4v) is 3.28. The smallest absolute Gasteiger partial charge is 0.433 e. The Labute approximate surface area is 180 Å². The first-order valence-electron chi connectivity index (χ1n) is 9.26. The minimum atomic E-state index is -4.61. The van der Waals surface area contributed by atoms with Crippen LogP contribution in [0.4, 0.5) is 13.2 Å². The molecule has 0 radical (unpaired) electrons. The summed E-state index contributed by atoms with van der Waals surface area (Å²) in [6.45, 7) is 2.09. The number of rotatable bonds is 7. The van der Waals surface area contributed by atoms with Crippen LogP contribution in [0, 0.1) is 0 Å². The van der Waals surface area contributed by atoms with Crippen LogP contribution in [0.2, 0.25) is 0 Å². The first-order chi connectivity index (χ1) is 14.7. The summed E-state index contributed by atoms with van der Waals surface area (Å²) in [4.78, 5) is 20.6. The van der Waals surface area contributed by atoms with Crippen molar-refractivity contribution in [1.82, 2.24) is 15.3 Å². The van der Waals surface area contributed by atoms with Crippen molar-refractivity contribution in [3.05, 3.63) is 41.4 Å². The van der Waals surface area contributed by atoms with Crippen LogP contribution in [-0.4, -0.2) is 41.5 Å². The van der Waals surface area contributed by atoms with E-state index in [1.165, 1.54) is 19.2 Å². The number of halogens is 3. The van der Waals surface area contributed by atoms with Gasteiger partial charge < -0.3 is 20.2 Å². The van der Waals surface area contributed by atoms with E-state index in [-0.39, 0.29) is 28.6 Å². The van der Waals surface area contributed by atoms with Gasteiger partial charge in [0.15, 0.2) is 11.5 Å². The molecule has 3 N–H and O–H groups in total. The first-order valence-corrected chi connectivity index (χ1v) is 10.7. The number of hydrogen-bond donors (Lipinski definition) is 2. The molecule has 0 unspecified atom stereocenters. The van der Waals surface area contributed by atoms with Gasteiger partial charge in [-0.05, 0) is 37.4 Å². The summed E-state index contributed by atoms with van der Waals surface area (Å²) in [6.07, 6.45) is -2.69. The minimum absolute atomic E-state index is 0.00124. The number of fused-ring (bicyclic) bond motifs is 1. The summed E-state index contributed by atoms with van der Waals surface area (Å²) in [5.74, 6) is 0.683. The molecule has 0 aliphatic heterocycles. The van der Waals surface area contributed by atoms with Gasteiger partial charge in [-0.15, -0.1) is 0 Å². The second-order valence-corrected chi connectivity index (χ2v) is 7.66. The van der Waals surface area contributed by atoms with Gasteiger partial charge >= 0.3 is 6.18 Å². The average molecular weight is 454 g/mol. The third-order valence-electron chi connectivity index (χ3n) is 4.43. The maximum absolute atomic E-state index is 13.1. The van der Waals surface area contributed by atoms with Gasteiger partial charge in [0.25, 0.3) is 5.91 Å². The number of amides is 1. The van der Waals surface area contributed by atoms with Crippen LogP contribution in [0.5, 0.6) is 5.75 Å². The van der Waals surface area contributed by atoms with Gasteiger partial charge in [-0.1, -0.05) is 0 Å². The molecule has 1 amide bonds. The highest BCUT2D eigenvalue weighted by Crippen LogP contribution is 2.37. The Morgan fingerprint density at radius 2 is 2.03 bits per heavy atom. The van der Waals surface area contributed by atoms with Crippen LogP contribution < -0.4 is 15.8 Å². The van der Waals surface area contributed by atoms with Crippen molar-refractivity contribution >= 4 is 28.6 Å². The molecule has 3 rings (SSSR count). The Balaban J connectivity index is 2.13. The Bertz CT molecular complexity index is 1100. The van der Waals surface area contributed by atoms with E-state index in [4.69, 9.17) is 14.9 Å². The van der Waals surface area contributed by atoms with E-state index < -0.39 is 23.8 Å². The van der Waals surface area contributed by atoms with E-state index >= 15 is 0 Å². The summed E-state index contributed by atoms with van der Waals surface area (Å²) < 4.78 is 50.4. The molecule has 0 saturated heterocycles. The third-order valence-corrected chi connectivity index (χ3v) is 5.05. The van der Waals surface area contributed by atoms with Crippen molar-refractivity contribution < 1.29 is 27.1 Å². The number of carbonyl (C=O) groups is 1. The van der Waals surface area contributed by atoms with Crippen LogP contribution in [0.15, 0.2) is 28.7 Å². The van der Waals surface area contributed by atoms with Gasteiger partial charge in [0, 0.05) is 23.2 Å². The zero-order valence-corrected chi connectivity index (χ0v) is 17.9. The number of hydrogen-bond acceptors (Lipinski definition) is 7. The van der Waals surface area contributed by atoms with E-state index in [0.29, 0.717) is 17.5 Å². The molecule has 0 aliphatic carbocycles. The highest BCUT2D eigenvalue weighted by atomic mass is 32.2. The fraction of sp³-hybridized carbons (Fsp3) is 0.350. The molecular formula is C20H21F3N4O3S. The Hall–Kier alpha value is -2.79. The van der Waals surface area contributed by atoms with Crippen molar-refractivity contribution in [2.75, 3.05) is 25.7 Å². The Kier molecular flexibility index (Phi) is 6.75. The first kappa shape index (κ1) is 22.9. The zero-order chi connectivity index (χ0) is 22.8. The molecule has 166 valence electrons. The summed E-state index contributed by atoms with van der Waals surface area (Å²) in [5.41, 5.74) is 5.30. The van der Waals surface area contributed by atoms with Gasteiger partial charge in [-0.2, -0.15) is 24.9 Å². The predicted octanol–water partition coefficient (Wildman–Crippen LogP) is 4.03. The van der Waals surface area contributed by atoms with Crippen molar-refractivity contribution in [2.24, 2.45) is 5.73 Å². The van der Waals surface area contributed by atoms with Crippen LogP contribution in [0.3, 0.4) is 0 Å². The average Bonchev–Trinajstić information content (AvgIpc) is 3.17. The lowest BCUT2D eigenvalue weighted by atomic mass is 10.1. The normalized spacial score (nSPS) is 12.7. The van der Waals surface area contributed by atoms with E-state index in [1.807, 2.05) is 6.26 Å². The highest BCUT2D eigenvalue weighted by Gasteiger charge is 2.33. The van der Waals surface area contributed by atoms with Crippen LogP contribution >= 0.6 is 11.8 Å². The topological polar surface area (TPSA) is 103 Å². The molecule has 31 heavy (non-hydrogen) atoms. The molecule has 3 aromatic rings. The summed E-state index contributed by atoms with van der Waals surface area (Å²) >= 11 is 1.58. The Morgan fingerprint density at radius 1 is 1.29 bits per heavy atom. The number of pyridine rings is 1. The van der Waals surface area contributed by atoms with Gasteiger partial charge in [-0.25, -0.2) is 9.97 Å². The molecular weight excluding hydrogens is 433 g/mol. The van der Waals surface area contributed by atoms with Gasteiger partial charge in [0.1, 0.15) is 17.0 Å². The molecule has 2 aromatic heterocycles. The van der Waals surface area contributed by atoms with Crippen LogP contribution in [0.25, 0.3) is 22.4 Å². The lowest BCUT2D eigenvalue weighted by Crippen LogP contribution is -2.27. The number of thioether (sulfide) groups is 1. The summed E-state index contributed by atoms with van der Waals surface area (Å²) in [7, 11) is 1.34. The molecule has 0 saturated carbocycles. The third kappa shape index (κ3) is 4.77. The number of alkyl halides is 3. The lowest BCUT2D eigenvalue weighted by molar-refractivity contribution is -0.140. The second-order valence-electron chi connectivity index (χ2n) is 6.68. The quantitative estimate of drug-likeness (QED) is 0.520. The maximum atomic E-state index is 13.1. The zero-order valence-electron chi connectivity index (χ0n) is 17.0. The fourth-order valence-electron chi connectivity index (χ4n) is 2.97. The highest BCUT2D eigenvalue weighted by molar-refractivity contribution is 7.98. The van der Waals surface area contributed by atoms with Gasteiger partial charge in [0.05, 0.1) is 13.2 Å². The minimum Gasteiger partial charge on any atom is -0.494 e. The standard InChI is InChI=1S/C20H21F3N4O3S/c1-10(24)17-16(18(28)25-8-9-31-3)27-19(30-17)12-4-6-13(29-2)15-11(12)5-7-14(26-15)20(21,22)23/h4-7,10H,8-9,24H2,1-3H3,(H,25,28)/t10-/m0/s1. The predicted molar refractivity (Wildman–Crippen MR) is 112 cm³/mol. The van der Waals surface area contributed by atoms with Gasteiger partial charge in [0.2, 0.25) is 5.89 Å². The number of aromatic nitrogens is 2. The van der Waals surface area contributed by atoms with Crippen molar-refractivity contribution in [1.29, 1.82) is 0 Å². The number of ether oxygens (including phenoxy) is 1. The second kappa shape index (κ2) is 9.15. The number of benzene rings is 1. The van der Waals surface area contributed by atoms with Crippen LogP contribution in [0.1, 0.15) is 34.9 Å². The van der Waals surface area contributed by atoms with E-state index in [9.17, 15) is 18.0 Å². The van der Waals surface area contributed by atoms with Crippen LogP contribution in [-0.2, 0) is 6.18 Å². The van der Waals surface area contributed by atoms with Crippen molar-refractivity contribution in [2.45, 2.75) is 19.1 Å². The number of nitrogens with one attached hydrogen (secondary N) is 1. The van der Waals surface area contributed by atoms with E-state index in [2.05, 4.69) is 15.3 Å². The van der Waals surface area contributed by atoms with Crippen molar-refractivity contribution in [3.63, 3.8) is 0 Å². The lowest BCUT2D eigenvalue weighted by Gasteiger charge is -2.11. The molecule has 11 heteroatoms. The molecule has 1 atom stereocenters. The molecule has 0 fully saturated rings. The number of carbonyl (C=O) groups excluding carboxylic acids is 1. The molecule has 7 nitrogen and oxygen atoms in total. The monoisotopic (exact) mass is 454 g/mol. The largest absolute Gasteiger partial charge is 0.494 e. The van der Waals surface area contributed by atoms with Crippen molar-refractivity contribution in [3.8, 4) is 17.2 Å². The molecule has 1 aromatic carbocycles.